The number of benzene rings is 1. The molecule has 19 heavy (non-hydrogen) atoms. The Morgan fingerprint density at radius 1 is 1.16 bits per heavy atom. The summed E-state index contributed by atoms with van der Waals surface area (Å²) in [6.45, 7) is 2.19. The highest BCUT2D eigenvalue weighted by Gasteiger charge is 2.20. The lowest BCUT2D eigenvalue weighted by molar-refractivity contribution is 0.158. The number of hydrogen-bond acceptors (Lipinski definition) is 2. The average Bonchev–Trinajstić information content (AvgIpc) is 2.48. The van der Waals surface area contributed by atoms with E-state index in [1.807, 2.05) is 0 Å². The molecule has 0 atom stereocenters. The molecule has 3 heteroatoms. The smallest absolute Gasteiger partial charge is 0.118 e. The van der Waals surface area contributed by atoms with Crippen molar-refractivity contribution in [1.29, 1.82) is 0 Å². The van der Waals surface area contributed by atoms with E-state index in [1.54, 1.807) is 7.11 Å². The van der Waals surface area contributed by atoms with Crippen molar-refractivity contribution in [3.63, 3.8) is 0 Å². The van der Waals surface area contributed by atoms with E-state index in [2.05, 4.69) is 45.1 Å². The van der Waals surface area contributed by atoms with Crippen molar-refractivity contribution in [3.05, 3.63) is 29.8 Å². The minimum absolute atomic E-state index is 0.772. The van der Waals surface area contributed by atoms with Crippen molar-refractivity contribution < 1.29 is 4.74 Å². The van der Waals surface area contributed by atoms with Gasteiger partial charge >= 0.3 is 0 Å². The maximum absolute atomic E-state index is 5.22. The Bertz CT molecular complexity index is 360. The summed E-state index contributed by atoms with van der Waals surface area (Å²) < 4.78 is 5.22. The van der Waals surface area contributed by atoms with Gasteiger partial charge in [0.1, 0.15) is 5.75 Å². The number of nitrogens with zero attached hydrogens (tertiary/aromatic N) is 1. The highest BCUT2D eigenvalue weighted by molar-refractivity contribution is 9.09. The number of methoxy groups -OCH3 is 1. The van der Waals surface area contributed by atoms with Crippen molar-refractivity contribution in [1.82, 2.24) is 4.90 Å². The molecule has 0 N–H and O–H groups in total. The summed E-state index contributed by atoms with van der Waals surface area (Å²) in [6.07, 6.45) is 6.94. The lowest BCUT2D eigenvalue weighted by atomic mass is 9.94. The summed E-state index contributed by atoms with van der Waals surface area (Å²) in [5, 5.41) is 1.06. The Morgan fingerprint density at radius 3 is 2.42 bits per heavy atom. The van der Waals surface area contributed by atoms with Crippen LogP contribution in [0.15, 0.2) is 24.3 Å². The van der Waals surface area contributed by atoms with Gasteiger partial charge in [-0.15, -0.1) is 0 Å². The molecule has 0 saturated heterocycles. The molecule has 1 aromatic carbocycles. The van der Waals surface area contributed by atoms with Crippen LogP contribution in [0.4, 0.5) is 0 Å². The molecule has 0 heterocycles. The molecule has 0 bridgehead atoms. The van der Waals surface area contributed by atoms with Crippen LogP contribution in [0, 0.1) is 0 Å². The summed E-state index contributed by atoms with van der Waals surface area (Å²) in [5.74, 6) is 0.938. The van der Waals surface area contributed by atoms with Gasteiger partial charge in [0.25, 0.3) is 0 Å². The zero-order chi connectivity index (χ0) is 13.5. The summed E-state index contributed by atoms with van der Waals surface area (Å²) in [4.78, 5) is 2.63. The molecule has 2 rings (SSSR count). The van der Waals surface area contributed by atoms with Gasteiger partial charge in [-0.05, 0) is 30.5 Å². The maximum atomic E-state index is 5.22. The van der Waals surface area contributed by atoms with Gasteiger partial charge in [0.15, 0.2) is 0 Å². The molecule has 1 aromatic rings. The fourth-order valence-electron chi connectivity index (χ4n) is 2.91. The molecule has 0 unspecified atom stereocenters. The number of halogens is 1. The number of alkyl halides is 1. The van der Waals surface area contributed by atoms with Crippen molar-refractivity contribution in [2.45, 2.75) is 44.7 Å². The summed E-state index contributed by atoms with van der Waals surface area (Å²) in [5.41, 5.74) is 1.38. The topological polar surface area (TPSA) is 12.5 Å². The van der Waals surface area contributed by atoms with Gasteiger partial charge < -0.3 is 4.74 Å². The lowest BCUT2D eigenvalue weighted by Gasteiger charge is -2.34. The second-order valence-corrected chi connectivity index (χ2v) is 6.09. The zero-order valence-electron chi connectivity index (χ0n) is 11.8. The van der Waals surface area contributed by atoms with E-state index in [0.717, 1.165) is 30.2 Å². The third kappa shape index (κ3) is 4.50. The number of ether oxygens (including phenoxy) is 1. The van der Waals surface area contributed by atoms with Crippen molar-refractivity contribution in [2.75, 3.05) is 19.0 Å². The molecule has 0 spiro atoms. The second kappa shape index (κ2) is 7.91. The van der Waals surface area contributed by atoms with Crippen LogP contribution in [0.3, 0.4) is 0 Å². The SMILES string of the molecule is COc1ccc(CN(CCBr)C2CCCCC2)cc1. The molecule has 106 valence electrons. The van der Waals surface area contributed by atoms with Gasteiger partial charge in [-0.3, -0.25) is 4.90 Å². The summed E-state index contributed by atoms with van der Waals surface area (Å²) in [6, 6.07) is 9.25. The second-order valence-electron chi connectivity index (χ2n) is 5.30. The van der Waals surface area contributed by atoms with Crippen molar-refractivity contribution in [2.24, 2.45) is 0 Å². The van der Waals surface area contributed by atoms with Crippen molar-refractivity contribution in [3.8, 4) is 5.75 Å². The van der Waals surface area contributed by atoms with Gasteiger partial charge in [-0.1, -0.05) is 47.3 Å². The highest BCUT2D eigenvalue weighted by Crippen LogP contribution is 2.24. The first kappa shape index (κ1) is 14.9. The first-order chi connectivity index (χ1) is 9.33. The Labute approximate surface area is 125 Å². The first-order valence-corrected chi connectivity index (χ1v) is 8.38. The van der Waals surface area contributed by atoms with E-state index in [-0.39, 0.29) is 0 Å². The fourth-order valence-corrected chi connectivity index (χ4v) is 3.37. The Kier molecular flexibility index (Phi) is 6.18. The molecule has 1 aliphatic rings. The lowest BCUT2D eigenvalue weighted by Crippen LogP contribution is -2.37. The predicted molar refractivity (Wildman–Crippen MR) is 84.1 cm³/mol. The Balaban J connectivity index is 1.97. The molecular weight excluding hydrogens is 302 g/mol. The van der Waals surface area contributed by atoms with Gasteiger partial charge in [-0.2, -0.15) is 0 Å². The largest absolute Gasteiger partial charge is 0.497 e. The van der Waals surface area contributed by atoms with E-state index in [4.69, 9.17) is 4.74 Å². The van der Waals surface area contributed by atoms with Crippen molar-refractivity contribution >= 4 is 15.9 Å². The van der Waals surface area contributed by atoms with E-state index >= 15 is 0 Å². The molecule has 0 aromatic heterocycles. The molecule has 0 radical (unpaired) electrons. The van der Waals surface area contributed by atoms with Gasteiger partial charge in [0, 0.05) is 24.5 Å². The third-order valence-electron chi connectivity index (χ3n) is 4.01. The third-order valence-corrected chi connectivity index (χ3v) is 4.36. The van der Waals surface area contributed by atoms with E-state index in [0.29, 0.717) is 0 Å². The van der Waals surface area contributed by atoms with Crippen LogP contribution >= 0.6 is 15.9 Å². The van der Waals surface area contributed by atoms with Crippen LogP contribution in [-0.2, 0) is 6.54 Å². The molecule has 2 nitrogen and oxygen atoms in total. The van der Waals surface area contributed by atoms with Crippen LogP contribution in [0.5, 0.6) is 5.75 Å². The summed E-state index contributed by atoms with van der Waals surface area (Å²) >= 11 is 3.59. The first-order valence-electron chi connectivity index (χ1n) is 7.26. The fraction of sp³-hybridized carbons (Fsp3) is 0.625. The monoisotopic (exact) mass is 325 g/mol. The minimum Gasteiger partial charge on any atom is -0.497 e. The predicted octanol–water partition coefficient (Wildman–Crippen LogP) is 4.22. The molecule has 0 aliphatic heterocycles. The summed E-state index contributed by atoms with van der Waals surface area (Å²) in [7, 11) is 1.72. The van der Waals surface area contributed by atoms with E-state index in [1.165, 1.54) is 37.7 Å². The normalized spacial score (nSPS) is 16.8. The van der Waals surface area contributed by atoms with Crippen LogP contribution in [0.2, 0.25) is 0 Å². The number of hydrogen-bond donors (Lipinski definition) is 0. The van der Waals surface area contributed by atoms with Crippen LogP contribution in [0.25, 0.3) is 0 Å². The van der Waals surface area contributed by atoms with Gasteiger partial charge in [0.2, 0.25) is 0 Å². The molecule has 1 saturated carbocycles. The Hall–Kier alpha value is -0.540. The standard InChI is InChI=1S/C16H24BrNO/c1-19-16-9-7-14(8-10-16)13-18(12-11-17)15-5-3-2-4-6-15/h7-10,15H,2-6,11-13H2,1H3. The quantitative estimate of drug-likeness (QED) is 0.726. The zero-order valence-corrected chi connectivity index (χ0v) is 13.4. The Morgan fingerprint density at radius 2 is 1.84 bits per heavy atom. The molecular formula is C16H24BrNO. The molecule has 0 amide bonds. The average molecular weight is 326 g/mol. The number of rotatable bonds is 6. The van der Waals surface area contributed by atoms with E-state index in [9.17, 15) is 0 Å². The molecule has 1 fully saturated rings. The van der Waals surface area contributed by atoms with E-state index < -0.39 is 0 Å². The van der Waals surface area contributed by atoms with Gasteiger partial charge in [-0.25, -0.2) is 0 Å². The van der Waals surface area contributed by atoms with Crippen LogP contribution < -0.4 is 4.74 Å². The highest BCUT2D eigenvalue weighted by atomic mass is 79.9. The van der Waals surface area contributed by atoms with Gasteiger partial charge in [0.05, 0.1) is 7.11 Å². The maximum Gasteiger partial charge on any atom is 0.118 e. The van der Waals surface area contributed by atoms with Crippen LogP contribution in [-0.4, -0.2) is 29.9 Å². The minimum atomic E-state index is 0.772. The molecule has 1 aliphatic carbocycles. The van der Waals surface area contributed by atoms with Crippen LogP contribution in [0.1, 0.15) is 37.7 Å².